The van der Waals surface area contributed by atoms with Gasteiger partial charge in [-0.25, -0.2) is 4.98 Å². The van der Waals surface area contributed by atoms with Crippen LogP contribution in [0.2, 0.25) is 0 Å². The molecule has 2 rings (SSSR count). The molecule has 1 amide bonds. The van der Waals surface area contributed by atoms with Crippen LogP contribution in [0.5, 0.6) is 0 Å². The summed E-state index contributed by atoms with van der Waals surface area (Å²) in [6.45, 7) is 0.306. The first-order valence-corrected chi connectivity index (χ1v) is 7.79. The van der Waals surface area contributed by atoms with Gasteiger partial charge in [-0.1, -0.05) is 0 Å². The molecule has 2 aromatic heterocycles. The number of nitrogens with one attached hydrogen (secondary N) is 1. The second-order valence-electron chi connectivity index (χ2n) is 4.54. The maximum Gasteiger partial charge on any atom is 0.268 e. The van der Waals surface area contributed by atoms with E-state index in [1.807, 2.05) is 5.38 Å². The van der Waals surface area contributed by atoms with Crippen LogP contribution in [0.1, 0.15) is 25.1 Å². The van der Waals surface area contributed by atoms with Crippen molar-refractivity contribution in [1.82, 2.24) is 14.9 Å². The van der Waals surface area contributed by atoms with Crippen LogP contribution in [0.15, 0.2) is 16.2 Å². The molecule has 0 saturated carbocycles. The molecule has 108 valence electrons. The number of H-pyrrole nitrogens is 1. The summed E-state index contributed by atoms with van der Waals surface area (Å²) in [5.74, 6) is 1.11. The molecule has 0 saturated heterocycles. The highest BCUT2D eigenvalue weighted by molar-refractivity contribution is 7.17. The molecule has 0 aliphatic carbocycles. The largest absolute Gasteiger partial charge is 0.338 e. The summed E-state index contributed by atoms with van der Waals surface area (Å²) in [5, 5.41) is 1.83. The van der Waals surface area contributed by atoms with Gasteiger partial charge in [-0.2, -0.15) is 0 Å². The van der Waals surface area contributed by atoms with Crippen LogP contribution in [-0.2, 0) is 11.3 Å². The number of unbranched alkanes of at least 4 members (excludes halogenated alkanes) is 1. The summed E-state index contributed by atoms with van der Waals surface area (Å²) >= 11 is 6.94. The normalized spacial score (nSPS) is 10.9. The van der Waals surface area contributed by atoms with Crippen LogP contribution in [0, 0.1) is 0 Å². The summed E-state index contributed by atoms with van der Waals surface area (Å²) < 4.78 is 0.616. The van der Waals surface area contributed by atoms with Crippen LogP contribution < -0.4 is 5.56 Å². The first-order valence-electron chi connectivity index (χ1n) is 6.38. The number of hydrogen-bond acceptors (Lipinski definition) is 4. The number of nitrogens with zero attached hydrogens (tertiary/aromatic N) is 2. The Hall–Kier alpha value is -1.40. The van der Waals surface area contributed by atoms with E-state index in [1.54, 1.807) is 18.0 Å². The van der Waals surface area contributed by atoms with Gasteiger partial charge in [-0.3, -0.25) is 9.59 Å². The maximum atomic E-state index is 11.9. The molecule has 0 aliphatic rings. The number of halogens is 1. The summed E-state index contributed by atoms with van der Waals surface area (Å²) in [6, 6.07) is 1.81. The Morgan fingerprint density at radius 1 is 1.50 bits per heavy atom. The van der Waals surface area contributed by atoms with Crippen molar-refractivity contribution in [3.8, 4) is 0 Å². The lowest BCUT2D eigenvalue weighted by molar-refractivity contribution is -0.130. The Morgan fingerprint density at radius 2 is 2.30 bits per heavy atom. The number of amides is 1. The fourth-order valence-corrected chi connectivity index (χ4v) is 2.79. The monoisotopic (exact) mass is 313 g/mol. The predicted octanol–water partition coefficient (Wildman–Crippen LogP) is 2.35. The fraction of sp³-hybridized carbons (Fsp3) is 0.462. The molecule has 20 heavy (non-hydrogen) atoms. The lowest BCUT2D eigenvalue weighted by Gasteiger charge is -2.16. The summed E-state index contributed by atoms with van der Waals surface area (Å²) in [4.78, 5) is 32.4. The molecule has 0 aliphatic heterocycles. The van der Waals surface area contributed by atoms with E-state index < -0.39 is 0 Å². The third-order valence-corrected chi connectivity index (χ3v) is 4.12. The first-order chi connectivity index (χ1) is 9.61. The Bertz CT molecular complexity index is 652. The summed E-state index contributed by atoms with van der Waals surface area (Å²) in [6.07, 6.45) is 2.07. The number of alkyl halides is 1. The molecule has 0 unspecified atom stereocenters. The Labute approximate surface area is 125 Å². The molecule has 2 aromatic rings. The van der Waals surface area contributed by atoms with Crippen molar-refractivity contribution in [2.75, 3.05) is 12.9 Å². The van der Waals surface area contributed by atoms with Crippen LogP contribution in [-0.4, -0.2) is 33.7 Å². The van der Waals surface area contributed by atoms with E-state index in [9.17, 15) is 9.59 Å². The SMILES string of the molecule is CN(Cc1nc2ccsc2c(=O)[nH]1)C(=O)CCCCCl. The fourth-order valence-electron chi connectivity index (χ4n) is 1.87. The van der Waals surface area contributed by atoms with Gasteiger partial charge >= 0.3 is 0 Å². The number of carbonyl (C=O) groups excluding carboxylic acids is 1. The van der Waals surface area contributed by atoms with Gasteiger partial charge < -0.3 is 9.88 Å². The number of hydrogen-bond donors (Lipinski definition) is 1. The molecule has 0 aromatic carbocycles. The molecule has 5 nitrogen and oxygen atoms in total. The number of rotatable bonds is 6. The highest BCUT2D eigenvalue weighted by Crippen LogP contribution is 2.14. The van der Waals surface area contributed by atoms with Crippen molar-refractivity contribution in [1.29, 1.82) is 0 Å². The van der Waals surface area contributed by atoms with Crippen LogP contribution >= 0.6 is 22.9 Å². The average molecular weight is 314 g/mol. The summed E-state index contributed by atoms with van der Waals surface area (Å²) in [7, 11) is 1.71. The van der Waals surface area contributed by atoms with Gasteiger partial charge in [0.1, 0.15) is 10.5 Å². The molecular formula is C13H16ClN3O2S. The minimum Gasteiger partial charge on any atom is -0.338 e. The number of fused-ring (bicyclic) bond motifs is 1. The molecule has 0 radical (unpaired) electrons. The van der Waals surface area contributed by atoms with E-state index in [0.29, 0.717) is 34.9 Å². The van der Waals surface area contributed by atoms with E-state index in [2.05, 4.69) is 9.97 Å². The minimum absolute atomic E-state index is 0.0307. The van der Waals surface area contributed by atoms with Crippen molar-refractivity contribution < 1.29 is 4.79 Å². The maximum absolute atomic E-state index is 11.9. The molecule has 0 fully saturated rings. The van der Waals surface area contributed by atoms with Crippen LogP contribution in [0.4, 0.5) is 0 Å². The van der Waals surface area contributed by atoms with Gasteiger partial charge in [-0.15, -0.1) is 22.9 Å². The Kier molecular flexibility index (Phi) is 5.14. The number of aromatic amines is 1. The van der Waals surface area contributed by atoms with E-state index in [1.165, 1.54) is 11.3 Å². The number of aromatic nitrogens is 2. The molecule has 1 N–H and O–H groups in total. The topological polar surface area (TPSA) is 66.1 Å². The van der Waals surface area contributed by atoms with E-state index in [-0.39, 0.29) is 11.5 Å². The van der Waals surface area contributed by atoms with Crippen LogP contribution in [0.3, 0.4) is 0 Å². The zero-order chi connectivity index (χ0) is 14.5. The quantitative estimate of drug-likeness (QED) is 0.657. The Morgan fingerprint density at radius 3 is 3.05 bits per heavy atom. The van der Waals surface area contributed by atoms with E-state index in [0.717, 1.165) is 12.8 Å². The van der Waals surface area contributed by atoms with Gasteiger partial charge in [-0.05, 0) is 24.3 Å². The van der Waals surface area contributed by atoms with Gasteiger partial charge in [0.25, 0.3) is 5.56 Å². The lowest BCUT2D eigenvalue weighted by atomic mass is 10.2. The predicted molar refractivity (Wildman–Crippen MR) is 81.3 cm³/mol. The van der Waals surface area contributed by atoms with Gasteiger partial charge in [0, 0.05) is 19.3 Å². The second-order valence-corrected chi connectivity index (χ2v) is 5.84. The molecule has 0 spiro atoms. The van der Waals surface area contributed by atoms with E-state index >= 15 is 0 Å². The molecule has 2 heterocycles. The highest BCUT2D eigenvalue weighted by Gasteiger charge is 2.11. The number of carbonyl (C=O) groups is 1. The Balaban J connectivity index is 2.03. The standard InChI is InChI=1S/C13H16ClN3O2S/c1-17(11(18)4-2-3-6-14)8-10-15-9-5-7-20-12(9)13(19)16-10/h5,7H,2-4,6,8H2,1H3,(H,15,16,19). The molecule has 0 bridgehead atoms. The zero-order valence-electron chi connectivity index (χ0n) is 11.2. The van der Waals surface area contributed by atoms with E-state index in [4.69, 9.17) is 11.6 Å². The molecule has 0 atom stereocenters. The molecule has 7 heteroatoms. The van der Waals surface area contributed by atoms with Crippen molar-refractivity contribution in [3.05, 3.63) is 27.6 Å². The third kappa shape index (κ3) is 3.58. The van der Waals surface area contributed by atoms with Gasteiger partial charge in [0.05, 0.1) is 12.1 Å². The van der Waals surface area contributed by atoms with Crippen molar-refractivity contribution in [3.63, 3.8) is 0 Å². The zero-order valence-corrected chi connectivity index (χ0v) is 12.8. The average Bonchev–Trinajstić information content (AvgIpc) is 2.87. The van der Waals surface area contributed by atoms with Gasteiger partial charge in [0.2, 0.25) is 5.91 Å². The van der Waals surface area contributed by atoms with Gasteiger partial charge in [0.15, 0.2) is 0 Å². The van der Waals surface area contributed by atoms with Crippen molar-refractivity contribution >= 4 is 39.1 Å². The van der Waals surface area contributed by atoms with Crippen LogP contribution in [0.25, 0.3) is 10.2 Å². The summed E-state index contributed by atoms with van der Waals surface area (Å²) in [5.41, 5.74) is 0.528. The second kappa shape index (κ2) is 6.85. The smallest absolute Gasteiger partial charge is 0.268 e. The minimum atomic E-state index is -0.150. The first kappa shape index (κ1) is 15.0. The van der Waals surface area contributed by atoms with Crippen molar-refractivity contribution in [2.24, 2.45) is 0 Å². The lowest BCUT2D eigenvalue weighted by Crippen LogP contribution is -2.28. The third-order valence-electron chi connectivity index (χ3n) is 2.95. The van der Waals surface area contributed by atoms with Crippen molar-refractivity contribution in [2.45, 2.75) is 25.8 Å². The molecular weight excluding hydrogens is 298 g/mol. The number of thiophene rings is 1. The highest BCUT2D eigenvalue weighted by atomic mass is 35.5.